The molecule has 0 atom stereocenters. The smallest absolute Gasteiger partial charge is 0.307 e. The van der Waals surface area contributed by atoms with Crippen molar-refractivity contribution in [3.8, 4) is 0 Å². The zero-order valence-corrected chi connectivity index (χ0v) is 12.7. The van der Waals surface area contributed by atoms with Crippen LogP contribution in [0, 0.1) is 6.92 Å². The summed E-state index contributed by atoms with van der Waals surface area (Å²) in [5.41, 5.74) is 2.13. The Morgan fingerprint density at radius 2 is 1.79 bits per heavy atom. The fraction of sp³-hybridized carbons (Fsp3) is 0.562. The van der Waals surface area contributed by atoms with Crippen LogP contribution in [0.3, 0.4) is 0 Å². The molecule has 106 valence electrons. The first-order valence-corrected chi connectivity index (χ1v) is 6.72. The molecule has 0 radical (unpaired) electrons. The van der Waals surface area contributed by atoms with Crippen LogP contribution in [-0.4, -0.2) is 30.1 Å². The lowest BCUT2D eigenvalue weighted by atomic mass is 10.1. The van der Waals surface area contributed by atoms with Gasteiger partial charge in [0.25, 0.3) is 0 Å². The number of rotatable bonds is 5. The van der Waals surface area contributed by atoms with Crippen LogP contribution in [0.5, 0.6) is 0 Å². The van der Waals surface area contributed by atoms with Crippen LogP contribution >= 0.6 is 0 Å². The highest BCUT2D eigenvalue weighted by Crippen LogP contribution is 2.09. The first-order valence-electron chi connectivity index (χ1n) is 6.72. The van der Waals surface area contributed by atoms with E-state index in [1.165, 1.54) is 11.1 Å². The molecule has 19 heavy (non-hydrogen) atoms. The van der Waals surface area contributed by atoms with Gasteiger partial charge >= 0.3 is 5.97 Å². The fourth-order valence-corrected chi connectivity index (χ4v) is 1.76. The molecule has 0 saturated heterocycles. The number of aryl methyl sites for hydroxylation is 1. The molecule has 0 unspecified atom stereocenters. The third kappa shape index (κ3) is 6.97. The van der Waals surface area contributed by atoms with Crippen molar-refractivity contribution in [2.24, 2.45) is 0 Å². The Kier molecular flexibility index (Phi) is 5.55. The Morgan fingerprint density at radius 1 is 1.21 bits per heavy atom. The molecule has 0 bridgehead atoms. The van der Waals surface area contributed by atoms with Crippen molar-refractivity contribution in [3.05, 3.63) is 35.4 Å². The van der Waals surface area contributed by atoms with Gasteiger partial charge in [-0.25, -0.2) is 0 Å². The lowest BCUT2D eigenvalue weighted by Crippen LogP contribution is -2.27. The van der Waals surface area contributed by atoms with E-state index in [9.17, 15) is 4.79 Å². The summed E-state index contributed by atoms with van der Waals surface area (Å²) in [5, 5.41) is 0. The number of carbonyl (C=O) groups excluding carboxylic acids is 1. The molecule has 1 aromatic rings. The second-order valence-corrected chi connectivity index (χ2v) is 6.06. The molecule has 0 amide bonds. The summed E-state index contributed by atoms with van der Waals surface area (Å²) in [6.45, 7) is 9.31. The molecule has 0 fully saturated rings. The highest BCUT2D eigenvalue weighted by atomic mass is 16.6. The highest BCUT2D eigenvalue weighted by molar-refractivity contribution is 5.70. The third-order valence-corrected chi connectivity index (χ3v) is 2.69. The number of carbonyl (C=O) groups is 1. The molecule has 3 nitrogen and oxygen atoms in total. The van der Waals surface area contributed by atoms with Crippen LogP contribution in [-0.2, 0) is 16.1 Å². The second kappa shape index (κ2) is 6.71. The molecule has 0 spiro atoms. The summed E-state index contributed by atoms with van der Waals surface area (Å²) in [6.07, 6.45) is 0.430. The summed E-state index contributed by atoms with van der Waals surface area (Å²) >= 11 is 0. The first-order chi connectivity index (χ1) is 8.76. The van der Waals surface area contributed by atoms with Crippen LogP contribution in [0.1, 0.15) is 38.3 Å². The van der Waals surface area contributed by atoms with Crippen molar-refractivity contribution in [2.45, 2.75) is 46.3 Å². The minimum atomic E-state index is -0.396. The predicted octanol–water partition coefficient (Wildman–Crippen LogP) is 3.16. The number of benzene rings is 1. The van der Waals surface area contributed by atoms with Crippen LogP contribution in [0.2, 0.25) is 0 Å². The Labute approximate surface area is 116 Å². The lowest BCUT2D eigenvalue weighted by molar-refractivity contribution is -0.155. The molecule has 0 heterocycles. The SMILES string of the molecule is Cc1ccc(CN(C)CCC(=O)OC(C)(C)C)cc1. The van der Waals surface area contributed by atoms with Gasteiger partial charge in [0.05, 0.1) is 6.42 Å². The van der Waals surface area contributed by atoms with E-state index in [1.54, 1.807) is 0 Å². The summed E-state index contributed by atoms with van der Waals surface area (Å²) in [6, 6.07) is 8.46. The quantitative estimate of drug-likeness (QED) is 0.764. The van der Waals surface area contributed by atoms with Crippen LogP contribution in [0.25, 0.3) is 0 Å². The molecule has 1 rings (SSSR count). The average Bonchev–Trinajstić information content (AvgIpc) is 2.27. The van der Waals surface area contributed by atoms with E-state index in [-0.39, 0.29) is 5.97 Å². The Hall–Kier alpha value is -1.35. The normalized spacial score (nSPS) is 11.7. The van der Waals surface area contributed by atoms with E-state index < -0.39 is 5.60 Å². The van der Waals surface area contributed by atoms with E-state index in [4.69, 9.17) is 4.74 Å². The Morgan fingerprint density at radius 3 is 2.32 bits per heavy atom. The van der Waals surface area contributed by atoms with Crippen molar-refractivity contribution in [1.29, 1.82) is 0 Å². The third-order valence-electron chi connectivity index (χ3n) is 2.69. The molecular weight excluding hydrogens is 238 g/mol. The molecule has 0 saturated carbocycles. The summed E-state index contributed by atoms with van der Waals surface area (Å²) in [7, 11) is 2.02. The monoisotopic (exact) mass is 263 g/mol. The zero-order valence-electron chi connectivity index (χ0n) is 12.7. The molecule has 0 aliphatic carbocycles. The first kappa shape index (κ1) is 15.7. The molecule has 0 N–H and O–H groups in total. The molecule has 0 aliphatic rings. The predicted molar refractivity (Wildman–Crippen MR) is 78.0 cm³/mol. The van der Waals surface area contributed by atoms with Gasteiger partial charge in [-0.3, -0.25) is 4.79 Å². The number of esters is 1. The lowest BCUT2D eigenvalue weighted by Gasteiger charge is -2.21. The van der Waals surface area contributed by atoms with Crippen molar-refractivity contribution in [2.75, 3.05) is 13.6 Å². The summed E-state index contributed by atoms with van der Waals surface area (Å²) in [4.78, 5) is 13.7. The van der Waals surface area contributed by atoms with E-state index in [0.717, 1.165) is 6.54 Å². The van der Waals surface area contributed by atoms with E-state index >= 15 is 0 Å². The van der Waals surface area contributed by atoms with Gasteiger partial charge in [0.2, 0.25) is 0 Å². The molecular formula is C16H25NO2. The van der Waals surface area contributed by atoms with E-state index in [0.29, 0.717) is 13.0 Å². The van der Waals surface area contributed by atoms with Gasteiger partial charge in [-0.1, -0.05) is 29.8 Å². The number of ether oxygens (including phenoxy) is 1. The molecule has 0 aromatic heterocycles. The van der Waals surface area contributed by atoms with Crippen molar-refractivity contribution >= 4 is 5.97 Å². The summed E-state index contributed by atoms with van der Waals surface area (Å²) < 4.78 is 5.29. The molecule has 1 aromatic carbocycles. The van der Waals surface area contributed by atoms with Crippen LogP contribution < -0.4 is 0 Å². The standard InChI is InChI=1S/C16H25NO2/c1-13-6-8-14(9-7-13)12-17(5)11-10-15(18)19-16(2,3)4/h6-9H,10-12H2,1-5H3. The topological polar surface area (TPSA) is 29.5 Å². The average molecular weight is 263 g/mol. The van der Waals surface area contributed by atoms with Gasteiger partial charge in [-0.2, -0.15) is 0 Å². The van der Waals surface area contributed by atoms with Gasteiger partial charge < -0.3 is 9.64 Å². The Balaban J connectivity index is 2.33. The van der Waals surface area contributed by atoms with Gasteiger partial charge in [0.15, 0.2) is 0 Å². The van der Waals surface area contributed by atoms with Crippen LogP contribution in [0.4, 0.5) is 0 Å². The van der Waals surface area contributed by atoms with Gasteiger partial charge in [-0.05, 0) is 40.3 Å². The number of hydrogen-bond acceptors (Lipinski definition) is 3. The molecule has 3 heteroatoms. The largest absolute Gasteiger partial charge is 0.460 e. The van der Waals surface area contributed by atoms with E-state index in [2.05, 4.69) is 36.1 Å². The van der Waals surface area contributed by atoms with Crippen LogP contribution in [0.15, 0.2) is 24.3 Å². The van der Waals surface area contributed by atoms with Crippen molar-refractivity contribution < 1.29 is 9.53 Å². The van der Waals surface area contributed by atoms with Gasteiger partial charge in [-0.15, -0.1) is 0 Å². The Bertz CT molecular complexity index is 404. The van der Waals surface area contributed by atoms with E-state index in [1.807, 2.05) is 27.8 Å². The van der Waals surface area contributed by atoms with Gasteiger partial charge in [0.1, 0.15) is 5.60 Å². The maximum absolute atomic E-state index is 11.6. The minimum Gasteiger partial charge on any atom is -0.460 e. The maximum Gasteiger partial charge on any atom is 0.307 e. The van der Waals surface area contributed by atoms with Gasteiger partial charge in [0, 0.05) is 13.1 Å². The second-order valence-electron chi connectivity index (χ2n) is 6.06. The maximum atomic E-state index is 11.6. The number of nitrogens with zero attached hydrogens (tertiary/aromatic N) is 1. The minimum absolute atomic E-state index is 0.136. The molecule has 0 aliphatic heterocycles. The number of hydrogen-bond donors (Lipinski definition) is 0. The summed E-state index contributed by atoms with van der Waals surface area (Å²) in [5.74, 6) is -0.136. The highest BCUT2D eigenvalue weighted by Gasteiger charge is 2.16. The fourth-order valence-electron chi connectivity index (χ4n) is 1.76. The van der Waals surface area contributed by atoms with Crippen molar-refractivity contribution in [3.63, 3.8) is 0 Å². The zero-order chi connectivity index (χ0) is 14.5. The van der Waals surface area contributed by atoms with Crippen molar-refractivity contribution in [1.82, 2.24) is 4.90 Å².